The summed E-state index contributed by atoms with van der Waals surface area (Å²) in [6.07, 6.45) is 4.41. The van der Waals surface area contributed by atoms with Crippen LogP contribution in [0.1, 0.15) is 59.8 Å². The molecule has 8 nitrogen and oxygen atoms in total. The van der Waals surface area contributed by atoms with Crippen molar-refractivity contribution in [2.24, 2.45) is 16.3 Å². The van der Waals surface area contributed by atoms with Crippen LogP contribution in [0.5, 0.6) is 0 Å². The lowest BCUT2D eigenvalue weighted by Gasteiger charge is -2.25. The van der Waals surface area contributed by atoms with E-state index >= 15 is 0 Å². The highest BCUT2D eigenvalue weighted by atomic mass is 31.2. The minimum Gasteiger partial charge on any atom is -0.381 e. The standard InChI is InChI=1S/C17H40N2O6P2/c1-16(2,14-19-26(20)21)8-5-10-24-12-7-13-25-11-6-9-17(3,4)15-27(18,22)23/h26H,5-15H2,1-4H3,(H3,18,22,23)(H2,19,20,21). The predicted octanol–water partition coefficient (Wildman–Crippen LogP) is 3.14. The summed E-state index contributed by atoms with van der Waals surface area (Å²) in [4.78, 5) is 18.1. The van der Waals surface area contributed by atoms with Gasteiger partial charge in [0, 0.05) is 39.1 Å². The van der Waals surface area contributed by atoms with Crippen molar-refractivity contribution in [2.75, 3.05) is 39.1 Å². The van der Waals surface area contributed by atoms with Gasteiger partial charge in [-0.1, -0.05) is 27.7 Å². The van der Waals surface area contributed by atoms with Gasteiger partial charge in [-0.3, -0.25) is 14.6 Å². The van der Waals surface area contributed by atoms with Crippen LogP contribution in [0, 0.1) is 10.8 Å². The van der Waals surface area contributed by atoms with Crippen molar-refractivity contribution in [3.05, 3.63) is 0 Å². The summed E-state index contributed by atoms with van der Waals surface area (Å²) < 4.78 is 33.2. The van der Waals surface area contributed by atoms with E-state index < -0.39 is 15.7 Å². The van der Waals surface area contributed by atoms with Crippen molar-refractivity contribution >= 4 is 15.7 Å². The topological polar surface area (TPSA) is 131 Å². The highest BCUT2D eigenvalue weighted by molar-refractivity contribution is 7.55. The summed E-state index contributed by atoms with van der Waals surface area (Å²) in [5.74, 6) is 0. The zero-order chi connectivity index (χ0) is 21.0. The van der Waals surface area contributed by atoms with Gasteiger partial charge in [0.2, 0.25) is 0 Å². The van der Waals surface area contributed by atoms with Gasteiger partial charge >= 0.3 is 0 Å². The van der Waals surface area contributed by atoms with Gasteiger partial charge in [-0.15, -0.1) is 0 Å². The number of hydrogen-bond acceptors (Lipinski definition) is 4. The molecule has 2 unspecified atom stereocenters. The molecule has 0 amide bonds. The van der Waals surface area contributed by atoms with Crippen LogP contribution in [0.2, 0.25) is 0 Å². The fourth-order valence-corrected chi connectivity index (χ4v) is 4.88. The van der Waals surface area contributed by atoms with Crippen molar-refractivity contribution in [2.45, 2.75) is 59.8 Å². The molecule has 5 N–H and O–H groups in total. The number of rotatable bonds is 17. The number of nitrogens with two attached hydrogens (primary N) is 1. The zero-order valence-corrected chi connectivity index (χ0v) is 19.2. The first-order valence-electron chi connectivity index (χ1n) is 9.56. The second-order valence-corrected chi connectivity index (χ2v) is 11.5. The number of nitrogens with one attached hydrogen (secondary N) is 1. The fraction of sp³-hybridized carbons (Fsp3) is 1.00. The molecule has 2 atom stereocenters. The smallest absolute Gasteiger partial charge is 0.265 e. The van der Waals surface area contributed by atoms with Gasteiger partial charge in [0.05, 0.1) is 0 Å². The third-order valence-corrected chi connectivity index (χ3v) is 6.02. The molecule has 10 heteroatoms. The summed E-state index contributed by atoms with van der Waals surface area (Å²) in [7, 11) is -6.08. The molecule has 0 bridgehead atoms. The molecule has 0 heterocycles. The van der Waals surface area contributed by atoms with Crippen molar-refractivity contribution < 1.29 is 28.4 Å². The number of ether oxygens (including phenoxy) is 2. The van der Waals surface area contributed by atoms with E-state index in [9.17, 15) is 14.0 Å². The van der Waals surface area contributed by atoms with Crippen molar-refractivity contribution in [1.29, 1.82) is 0 Å². The molecule has 164 valence electrons. The second kappa shape index (κ2) is 13.4. The van der Waals surface area contributed by atoms with Crippen LogP contribution in [0.15, 0.2) is 0 Å². The van der Waals surface area contributed by atoms with Crippen LogP contribution in [0.25, 0.3) is 0 Å². The van der Waals surface area contributed by atoms with Gasteiger partial charge in [0.1, 0.15) is 0 Å². The van der Waals surface area contributed by atoms with Crippen LogP contribution >= 0.6 is 15.7 Å². The molecule has 0 aromatic carbocycles. The van der Waals surface area contributed by atoms with Crippen LogP contribution < -0.4 is 10.6 Å². The third kappa shape index (κ3) is 19.3. The van der Waals surface area contributed by atoms with Crippen LogP contribution in [-0.4, -0.2) is 48.9 Å². The molecule has 0 fully saturated rings. The summed E-state index contributed by atoms with van der Waals surface area (Å²) in [5.41, 5.74) is 4.94. The molecular weight excluding hydrogens is 390 g/mol. The van der Waals surface area contributed by atoms with Gasteiger partial charge < -0.3 is 19.3 Å². The summed E-state index contributed by atoms with van der Waals surface area (Å²) in [5, 5.41) is 2.60. The van der Waals surface area contributed by atoms with Gasteiger partial charge in [-0.2, -0.15) is 0 Å². The van der Waals surface area contributed by atoms with Crippen molar-refractivity contribution in [3.8, 4) is 0 Å². The predicted molar refractivity (Wildman–Crippen MR) is 110 cm³/mol. The minimum atomic E-state index is -3.47. The summed E-state index contributed by atoms with van der Waals surface area (Å²) >= 11 is 0. The Balaban J connectivity index is 3.53. The van der Waals surface area contributed by atoms with E-state index in [1.165, 1.54) is 0 Å². The van der Waals surface area contributed by atoms with Crippen LogP contribution in [0.3, 0.4) is 0 Å². The lowest BCUT2D eigenvalue weighted by Crippen LogP contribution is -2.25. The third-order valence-electron chi connectivity index (χ3n) is 4.23. The summed E-state index contributed by atoms with van der Waals surface area (Å²) in [6.45, 7) is 11.1. The molecule has 0 saturated carbocycles. The van der Waals surface area contributed by atoms with E-state index in [2.05, 4.69) is 18.9 Å². The minimum absolute atomic E-state index is 0.0308. The summed E-state index contributed by atoms with van der Waals surface area (Å²) in [6, 6.07) is 0. The molecule has 0 aliphatic carbocycles. The maximum atomic E-state index is 11.3. The molecule has 0 aromatic heterocycles. The Morgan fingerprint density at radius 3 is 1.85 bits per heavy atom. The molecule has 27 heavy (non-hydrogen) atoms. The van der Waals surface area contributed by atoms with E-state index in [4.69, 9.17) is 19.9 Å². The Labute approximate surface area is 165 Å². The fourth-order valence-electron chi connectivity index (χ4n) is 2.87. The van der Waals surface area contributed by atoms with Gasteiger partial charge in [-0.25, -0.2) is 5.09 Å². The maximum absolute atomic E-state index is 11.3. The highest BCUT2D eigenvalue weighted by Gasteiger charge is 2.26. The first kappa shape index (κ1) is 27.2. The molecule has 0 aliphatic heterocycles. The lowest BCUT2D eigenvalue weighted by atomic mass is 9.88. The van der Waals surface area contributed by atoms with E-state index in [0.717, 1.165) is 32.1 Å². The molecule has 0 aromatic rings. The average molecular weight is 430 g/mol. The number of hydrogen-bond donors (Lipinski definition) is 4. The first-order chi connectivity index (χ1) is 12.3. The Bertz CT molecular complexity index is 468. The Morgan fingerprint density at radius 1 is 0.963 bits per heavy atom. The average Bonchev–Trinajstić information content (AvgIpc) is 2.48. The first-order valence-corrected chi connectivity index (χ1v) is 12.8. The molecule has 0 saturated heterocycles. The Morgan fingerprint density at radius 2 is 1.41 bits per heavy atom. The van der Waals surface area contributed by atoms with Crippen molar-refractivity contribution in [3.63, 3.8) is 0 Å². The largest absolute Gasteiger partial charge is 0.381 e. The molecule has 0 aliphatic rings. The van der Waals surface area contributed by atoms with E-state index in [-0.39, 0.29) is 17.0 Å². The SMILES string of the molecule is CC(C)(CCCOCCCOCCCC(C)(C)CP(N)(=O)O)CN[PH](=O)O. The van der Waals surface area contributed by atoms with Crippen molar-refractivity contribution in [1.82, 2.24) is 5.09 Å². The zero-order valence-electron chi connectivity index (χ0n) is 17.3. The Hall–Kier alpha value is 0.220. The van der Waals surface area contributed by atoms with Crippen LogP contribution in [-0.2, 0) is 18.6 Å². The molecule has 0 radical (unpaired) electrons. The molecular formula is C17H40N2O6P2. The van der Waals surface area contributed by atoms with E-state index in [1.807, 2.05) is 13.8 Å². The van der Waals surface area contributed by atoms with Gasteiger partial charge in [0.25, 0.3) is 15.7 Å². The molecule has 0 rings (SSSR count). The van der Waals surface area contributed by atoms with E-state index in [1.54, 1.807) is 0 Å². The highest BCUT2D eigenvalue weighted by Crippen LogP contribution is 2.40. The lowest BCUT2D eigenvalue weighted by molar-refractivity contribution is 0.0742. The van der Waals surface area contributed by atoms with Crippen LogP contribution in [0.4, 0.5) is 0 Å². The second-order valence-electron chi connectivity index (χ2n) is 8.69. The quantitative estimate of drug-likeness (QED) is 0.204. The normalized spacial score (nSPS) is 16.3. The molecule has 0 spiro atoms. The Kier molecular flexibility index (Phi) is 13.6. The maximum Gasteiger partial charge on any atom is 0.265 e. The monoisotopic (exact) mass is 430 g/mol. The van der Waals surface area contributed by atoms with E-state index in [0.29, 0.717) is 33.0 Å². The van der Waals surface area contributed by atoms with Gasteiger partial charge in [-0.05, 0) is 42.9 Å². The van der Waals surface area contributed by atoms with Gasteiger partial charge in [0.15, 0.2) is 0 Å².